The lowest BCUT2D eigenvalue weighted by molar-refractivity contribution is -0.114. The summed E-state index contributed by atoms with van der Waals surface area (Å²) in [5.41, 5.74) is 3.11. The number of carbonyl (C=O) groups excluding carboxylic acids is 1. The zero-order chi connectivity index (χ0) is 14.1. The first kappa shape index (κ1) is 13.0. The molecule has 1 aliphatic carbocycles. The molecule has 0 saturated heterocycles. The summed E-state index contributed by atoms with van der Waals surface area (Å²) in [5.74, 6) is 0.639. The summed E-state index contributed by atoms with van der Waals surface area (Å²) in [6, 6.07) is 6.48. The summed E-state index contributed by atoms with van der Waals surface area (Å²) in [5, 5.41) is 4.42. The Hall–Kier alpha value is -1.97. The van der Waals surface area contributed by atoms with E-state index in [1.165, 1.54) is 0 Å². The summed E-state index contributed by atoms with van der Waals surface area (Å²) in [7, 11) is 0. The molecule has 0 aliphatic heterocycles. The van der Waals surface area contributed by atoms with Crippen molar-refractivity contribution in [3.05, 3.63) is 36.3 Å². The van der Waals surface area contributed by atoms with E-state index in [0.717, 1.165) is 36.1 Å². The molecule has 0 spiro atoms. The van der Waals surface area contributed by atoms with E-state index in [1.54, 1.807) is 0 Å². The zero-order valence-electron chi connectivity index (χ0n) is 11.9. The van der Waals surface area contributed by atoms with E-state index < -0.39 is 0 Å². The second-order valence-corrected chi connectivity index (χ2v) is 5.83. The van der Waals surface area contributed by atoms with Crippen LogP contribution >= 0.6 is 0 Å². The van der Waals surface area contributed by atoms with Crippen molar-refractivity contribution in [1.82, 2.24) is 14.8 Å². The van der Waals surface area contributed by atoms with Crippen LogP contribution in [-0.4, -0.2) is 21.1 Å². The third-order valence-electron chi connectivity index (χ3n) is 3.98. The average molecular weight is 269 g/mol. The molecule has 0 bridgehead atoms. The minimum absolute atomic E-state index is 0.218. The Morgan fingerprint density at radius 3 is 2.85 bits per heavy atom. The summed E-state index contributed by atoms with van der Waals surface area (Å²) in [6.45, 7) is 4.28. The first-order valence-corrected chi connectivity index (χ1v) is 7.14. The van der Waals surface area contributed by atoms with Gasteiger partial charge >= 0.3 is 0 Å². The quantitative estimate of drug-likeness (QED) is 0.801. The van der Waals surface area contributed by atoms with E-state index in [0.29, 0.717) is 12.0 Å². The van der Waals surface area contributed by atoms with Crippen LogP contribution in [0.4, 0.5) is 0 Å². The van der Waals surface area contributed by atoms with Crippen molar-refractivity contribution >= 4 is 6.29 Å². The maximum Gasteiger partial charge on any atom is 0.123 e. The average Bonchev–Trinajstić information content (AvgIpc) is 2.87. The van der Waals surface area contributed by atoms with Gasteiger partial charge < -0.3 is 4.79 Å². The molecule has 1 saturated carbocycles. The molecule has 0 unspecified atom stereocenters. The van der Waals surface area contributed by atoms with Crippen molar-refractivity contribution in [2.75, 3.05) is 0 Å². The van der Waals surface area contributed by atoms with Gasteiger partial charge in [0.15, 0.2) is 0 Å². The molecule has 2 heterocycles. The zero-order valence-corrected chi connectivity index (χ0v) is 11.9. The lowest BCUT2D eigenvalue weighted by Gasteiger charge is -2.31. The van der Waals surface area contributed by atoms with Crippen LogP contribution in [0.2, 0.25) is 0 Å². The van der Waals surface area contributed by atoms with Gasteiger partial charge in [-0.1, -0.05) is 19.9 Å². The van der Waals surface area contributed by atoms with Crippen LogP contribution < -0.4 is 0 Å². The maximum absolute atomic E-state index is 10.7. The Kier molecular flexibility index (Phi) is 3.38. The standard InChI is InChI=1S/C16H19N3O/c1-11(2)15-4-3-5-16(18-15)13-8-17-19(9-13)14-6-12(7-14)10-20/h3-5,8-12,14H,6-7H2,1-2H3. The van der Waals surface area contributed by atoms with Crippen LogP contribution in [0.15, 0.2) is 30.6 Å². The number of nitrogens with zero attached hydrogens (tertiary/aromatic N) is 3. The minimum atomic E-state index is 0.218. The molecule has 2 aromatic rings. The Balaban J connectivity index is 1.80. The van der Waals surface area contributed by atoms with Gasteiger partial charge in [-0.3, -0.25) is 9.67 Å². The SMILES string of the molecule is CC(C)c1cccc(-c2cnn(C3CC(C=O)C3)c2)n1. The second kappa shape index (κ2) is 5.19. The highest BCUT2D eigenvalue weighted by Crippen LogP contribution is 2.36. The predicted octanol–water partition coefficient (Wildman–Crippen LogP) is 3.22. The Labute approximate surface area is 118 Å². The van der Waals surface area contributed by atoms with Crippen molar-refractivity contribution in [2.24, 2.45) is 5.92 Å². The maximum atomic E-state index is 10.7. The summed E-state index contributed by atoms with van der Waals surface area (Å²) in [6.07, 6.45) is 6.77. The van der Waals surface area contributed by atoms with E-state index in [9.17, 15) is 4.79 Å². The molecule has 104 valence electrons. The van der Waals surface area contributed by atoms with Crippen molar-refractivity contribution in [1.29, 1.82) is 0 Å². The number of carbonyl (C=O) groups is 1. The number of pyridine rings is 1. The molecular weight excluding hydrogens is 250 g/mol. The van der Waals surface area contributed by atoms with Crippen LogP contribution in [0, 0.1) is 5.92 Å². The molecule has 2 aromatic heterocycles. The van der Waals surface area contributed by atoms with Crippen LogP contribution in [0.5, 0.6) is 0 Å². The van der Waals surface area contributed by atoms with Gasteiger partial charge in [-0.15, -0.1) is 0 Å². The minimum Gasteiger partial charge on any atom is -0.303 e. The fourth-order valence-corrected chi connectivity index (χ4v) is 2.56. The molecule has 1 aliphatic rings. The fourth-order valence-electron chi connectivity index (χ4n) is 2.56. The van der Waals surface area contributed by atoms with Gasteiger partial charge in [-0.2, -0.15) is 5.10 Å². The highest BCUT2D eigenvalue weighted by atomic mass is 16.1. The Morgan fingerprint density at radius 2 is 2.15 bits per heavy atom. The number of hydrogen-bond acceptors (Lipinski definition) is 3. The molecule has 0 atom stereocenters. The van der Waals surface area contributed by atoms with Gasteiger partial charge in [-0.25, -0.2) is 0 Å². The van der Waals surface area contributed by atoms with E-state index >= 15 is 0 Å². The lowest BCUT2D eigenvalue weighted by Crippen LogP contribution is -2.27. The van der Waals surface area contributed by atoms with E-state index in [-0.39, 0.29) is 5.92 Å². The monoisotopic (exact) mass is 269 g/mol. The first-order chi connectivity index (χ1) is 9.67. The number of aromatic nitrogens is 3. The largest absolute Gasteiger partial charge is 0.303 e. The Morgan fingerprint density at radius 1 is 1.35 bits per heavy atom. The molecule has 0 aromatic carbocycles. The molecule has 4 nitrogen and oxygen atoms in total. The molecule has 1 fully saturated rings. The normalized spacial score (nSPS) is 21.8. The van der Waals surface area contributed by atoms with Crippen LogP contribution in [-0.2, 0) is 4.79 Å². The van der Waals surface area contributed by atoms with Crippen LogP contribution in [0.3, 0.4) is 0 Å². The van der Waals surface area contributed by atoms with Crippen molar-refractivity contribution < 1.29 is 4.79 Å². The highest BCUT2D eigenvalue weighted by molar-refractivity contribution is 5.57. The third-order valence-corrected chi connectivity index (χ3v) is 3.98. The second-order valence-electron chi connectivity index (χ2n) is 5.83. The topological polar surface area (TPSA) is 47.8 Å². The van der Waals surface area contributed by atoms with Gasteiger partial charge in [0, 0.05) is 23.4 Å². The lowest BCUT2D eigenvalue weighted by atomic mass is 9.81. The highest BCUT2D eigenvalue weighted by Gasteiger charge is 2.30. The van der Waals surface area contributed by atoms with E-state index in [1.807, 2.05) is 29.2 Å². The molecule has 0 N–H and O–H groups in total. The molecule has 4 heteroatoms. The molecule has 3 rings (SSSR count). The molecule has 20 heavy (non-hydrogen) atoms. The van der Waals surface area contributed by atoms with Crippen LogP contribution in [0.25, 0.3) is 11.3 Å². The predicted molar refractivity (Wildman–Crippen MR) is 77.4 cm³/mol. The first-order valence-electron chi connectivity index (χ1n) is 7.14. The van der Waals surface area contributed by atoms with Gasteiger partial charge in [0.1, 0.15) is 6.29 Å². The summed E-state index contributed by atoms with van der Waals surface area (Å²) >= 11 is 0. The van der Waals surface area contributed by atoms with E-state index in [2.05, 4.69) is 30.0 Å². The summed E-state index contributed by atoms with van der Waals surface area (Å²) < 4.78 is 1.97. The van der Waals surface area contributed by atoms with Crippen molar-refractivity contribution in [3.8, 4) is 11.3 Å². The summed E-state index contributed by atoms with van der Waals surface area (Å²) in [4.78, 5) is 15.3. The van der Waals surface area contributed by atoms with Crippen LogP contribution in [0.1, 0.15) is 44.3 Å². The van der Waals surface area contributed by atoms with Gasteiger partial charge in [-0.05, 0) is 30.9 Å². The van der Waals surface area contributed by atoms with Gasteiger partial charge in [0.05, 0.1) is 17.9 Å². The van der Waals surface area contributed by atoms with Crippen molar-refractivity contribution in [2.45, 2.75) is 38.6 Å². The van der Waals surface area contributed by atoms with E-state index in [4.69, 9.17) is 0 Å². The molecular formula is C16H19N3O. The smallest absolute Gasteiger partial charge is 0.123 e. The fraction of sp³-hybridized carbons (Fsp3) is 0.438. The van der Waals surface area contributed by atoms with Gasteiger partial charge in [0.2, 0.25) is 0 Å². The number of rotatable bonds is 4. The third kappa shape index (κ3) is 2.38. The number of aldehydes is 1. The number of hydrogen-bond donors (Lipinski definition) is 0. The Bertz CT molecular complexity index is 612. The molecule has 0 amide bonds. The molecule has 0 radical (unpaired) electrons. The van der Waals surface area contributed by atoms with Crippen molar-refractivity contribution in [3.63, 3.8) is 0 Å². The van der Waals surface area contributed by atoms with Gasteiger partial charge in [0.25, 0.3) is 0 Å².